The van der Waals surface area contributed by atoms with Crippen LogP contribution < -0.4 is 4.90 Å². The van der Waals surface area contributed by atoms with E-state index in [1.165, 1.54) is 61.3 Å². The molecule has 29 heavy (non-hydrogen) atoms. The van der Waals surface area contributed by atoms with Gasteiger partial charge in [-0.2, -0.15) is 0 Å². The Bertz CT molecular complexity index is 794. The molecule has 0 spiro atoms. The summed E-state index contributed by atoms with van der Waals surface area (Å²) in [5.74, 6) is 0. The van der Waals surface area contributed by atoms with Crippen LogP contribution in [0.2, 0.25) is 0 Å². The second kappa shape index (κ2) is 10.1. The topological polar surface area (TPSA) is 15.7 Å². The minimum absolute atomic E-state index is 0.223. The zero-order valence-electron chi connectivity index (χ0n) is 17.7. The smallest absolute Gasteiger partial charge is 0.0832 e. The highest BCUT2D eigenvalue weighted by molar-refractivity contribution is 5.53. The molecule has 4 rings (SSSR count). The minimum atomic E-state index is 0.223. The minimum Gasteiger partial charge on any atom is -0.369 e. The van der Waals surface area contributed by atoms with Crippen LogP contribution in [-0.4, -0.2) is 44.2 Å². The number of rotatable bonds is 7. The normalized spacial score (nSPS) is 20.2. The molecule has 2 aromatic rings. The van der Waals surface area contributed by atoms with Crippen molar-refractivity contribution in [3.05, 3.63) is 71.3 Å². The second-order valence-electron chi connectivity index (χ2n) is 8.24. The van der Waals surface area contributed by atoms with Crippen LogP contribution >= 0.6 is 0 Å². The predicted molar refractivity (Wildman–Crippen MR) is 122 cm³/mol. The molecule has 3 nitrogen and oxygen atoms in total. The van der Waals surface area contributed by atoms with Gasteiger partial charge in [0, 0.05) is 31.9 Å². The molecule has 0 saturated carbocycles. The Morgan fingerprint density at radius 3 is 2.66 bits per heavy atom. The number of anilines is 1. The van der Waals surface area contributed by atoms with Crippen molar-refractivity contribution < 1.29 is 4.74 Å². The third-order valence-corrected chi connectivity index (χ3v) is 6.17. The van der Waals surface area contributed by atoms with Gasteiger partial charge >= 0.3 is 0 Å². The van der Waals surface area contributed by atoms with Crippen molar-refractivity contribution in [1.82, 2.24) is 4.90 Å². The number of piperazine rings is 1. The number of nitrogens with zero attached hydrogens (tertiary/aromatic N) is 2. The van der Waals surface area contributed by atoms with Gasteiger partial charge in [0.05, 0.1) is 12.7 Å². The van der Waals surface area contributed by atoms with Gasteiger partial charge in [-0.05, 0) is 61.1 Å². The largest absolute Gasteiger partial charge is 0.369 e. The standard InChI is InChI=1S/C26H34N2O/c1-2-15-27-16-18-28(19-17-27)24-14-13-23-11-6-12-26(25(23)21-24)29-20-7-10-22-8-4-3-5-9-22/h3-5,7-10,13-14,21,26H,2,6,11-12,15-20H2,1H3. The molecular weight excluding hydrogens is 356 g/mol. The van der Waals surface area contributed by atoms with E-state index in [0.29, 0.717) is 6.61 Å². The Morgan fingerprint density at radius 2 is 1.86 bits per heavy atom. The summed E-state index contributed by atoms with van der Waals surface area (Å²) in [6.45, 7) is 8.77. The van der Waals surface area contributed by atoms with E-state index in [0.717, 1.165) is 19.5 Å². The van der Waals surface area contributed by atoms with Crippen molar-refractivity contribution >= 4 is 11.8 Å². The van der Waals surface area contributed by atoms with Crippen molar-refractivity contribution in [2.45, 2.75) is 38.7 Å². The van der Waals surface area contributed by atoms with Crippen molar-refractivity contribution in [3.8, 4) is 0 Å². The predicted octanol–water partition coefficient (Wildman–Crippen LogP) is 5.33. The molecule has 1 unspecified atom stereocenters. The summed E-state index contributed by atoms with van der Waals surface area (Å²) < 4.78 is 6.31. The summed E-state index contributed by atoms with van der Waals surface area (Å²) >= 11 is 0. The lowest BCUT2D eigenvalue weighted by atomic mass is 9.88. The molecule has 0 bridgehead atoms. The molecule has 1 aliphatic carbocycles. The zero-order chi connectivity index (χ0) is 19.9. The lowest BCUT2D eigenvalue weighted by Gasteiger charge is -2.37. The Morgan fingerprint density at radius 1 is 1.03 bits per heavy atom. The fourth-order valence-corrected chi connectivity index (χ4v) is 4.58. The van der Waals surface area contributed by atoms with Crippen LogP contribution in [0.3, 0.4) is 0 Å². The molecule has 0 N–H and O–H groups in total. The first-order chi connectivity index (χ1) is 14.3. The summed E-state index contributed by atoms with van der Waals surface area (Å²) in [7, 11) is 0. The maximum absolute atomic E-state index is 6.31. The van der Waals surface area contributed by atoms with Crippen LogP contribution in [0.25, 0.3) is 6.08 Å². The number of fused-ring (bicyclic) bond motifs is 1. The lowest BCUT2D eigenvalue weighted by molar-refractivity contribution is 0.0611. The first-order valence-corrected chi connectivity index (χ1v) is 11.3. The first kappa shape index (κ1) is 20.2. The first-order valence-electron chi connectivity index (χ1n) is 11.3. The van der Waals surface area contributed by atoms with E-state index in [1.807, 2.05) is 6.07 Å². The van der Waals surface area contributed by atoms with Crippen molar-refractivity contribution in [2.24, 2.45) is 0 Å². The molecule has 154 valence electrons. The van der Waals surface area contributed by atoms with E-state index in [2.05, 4.69) is 71.3 Å². The average Bonchev–Trinajstić information content (AvgIpc) is 2.78. The molecule has 1 aliphatic heterocycles. The summed E-state index contributed by atoms with van der Waals surface area (Å²) in [4.78, 5) is 5.13. The summed E-state index contributed by atoms with van der Waals surface area (Å²) in [6.07, 6.45) is 9.28. The number of aryl methyl sites for hydroxylation is 1. The molecule has 2 aliphatic rings. The maximum Gasteiger partial charge on any atom is 0.0832 e. The van der Waals surface area contributed by atoms with Gasteiger partial charge in [-0.3, -0.25) is 4.90 Å². The van der Waals surface area contributed by atoms with Gasteiger partial charge in [-0.25, -0.2) is 0 Å². The van der Waals surface area contributed by atoms with Crippen LogP contribution in [-0.2, 0) is 11.2 Å². The van der Waals surface area contributed by atoms with Gasteiger partial charge in [0.2, 0.25) is 0 Å². The molecule has 1 fully saturated rings. The molecular formula is C26H34N2O. The van der Waals surface area contributed by atoms with Gasteiger partial charge in [-0.1, -0.05) is 55.5 Å². The van der Waals surface area contributed by atoms with E-state index >= 15 is 0 Å². The van der Waals surface area contributed by atoms with Gasteiger partial charge in [-0.15, -0.1) is 0 Å². The van der Waals surface area contributed by atoms with Crippen LogP contribution in [0, 0.1) is 0 Å². The third kappa shape index (κ3) is 5.29. The zero-order valence-corrected chi connectivity index (χ0v) is 17.7. The van der Waals surface area contributed by atoms with Crippen molar-refractivity contribution in [1.29, 1.82) is 0 Å². The molecule has 1 saturated heterocycles. The number of ether oxygens (including phenoxy) is 1. The Kier molecular flexibility index (Phi) is 7.02. The van der Waals surface area contributed by atoms with Gasteiger partial charge in [0.15, 0.2) is 0 Å². The molecule has 0 amide bonds. The van der Waals surface area contributed by atoms with Crippen LogP contribution in [0.15, 0.2) is 54.6 Å². The molecule has 0 radical (unpaired) electrons. The lowest BCUT2D eigenvalue weighted by Crippen LogP contribution is -2.46. The monoisotopic (exact) mass is 390 g/mol. The fraction of sp³-hybridized carbons (Fsp3) is 0.462. The van der Waals surface area contributed by atoms with Crippen LogP contribution in [0.4, 0.5) is 5.69 Å². The quantitative estimate of drug-likeness (QED) is 0.636. The van der Waals surface area contributed by atoms with Crippen molar-refractivity contribution in [2.75, 3.05) is 44.2 Å². The second-order valence-corrected chi connectivity index (χ2v) is 8.24. The highest BCUT2D eigenvalue weighted by Gasteiger charge is 2.23. The molecule has 2 aromatic carbocycles. The summed E-state index contributed by atoms with van der Waals surface area (Å²) in [6, 6.07) is 17.5. The Balaban J connectivity index is 1.38. The average molecular weight is 391 g/mol. The molecule has 1 atom stereocenters. The van der Waals surface area contributed by atoms with E-state index in [-0.39, 0.29) is 6.10 Å². The third-order valence-electron chi connectivity index (χ3n) is 6.17. The van der Waals surface area contributed by atoms with E-state index in [1.54, 1.807) is 0 Å². The number of benzene rings is 2. The summed E-state index contributed by atoms with van der Waals surface area (Å²) in [5.41, 5.74) is 5.49. The van der Waals surface area contributed by atoms with Gasteiger partial charge in [0.1, 0.15) is 0 Å². The van der Waals surface area contributed by atoms with Gasteiger partial charge < -0.3 is 9.64 Å². The number of hydrogen-bond donors (Lipinski definition) is 0. The number of hydrogen-bond acceptors (Lipinski definition) is 3. The Labute approximate surface area is 176 Å². The highest BCUT2D eigenvalue weighted by atomic mass is 16.5. The molecule has 0 aromatic heterocycles. The van der Waals surface area contributed by atoms with Gasteiger partial charge in [0.25, 0.3) is 0 Å². The molecule has 3 heteroatoms. The van der Waals surface area contributed by atoms with E-state index in [4.69, 9.17) is 4.74 Å². The molecule has 1 heterocycles. The Hall–Kier alpha value is -2.10. The van der Waals surface area contributed by atoms with E-state index in [9.17, 15) is 0 Å². The SMILES string of the molecule is CCCN1CCN(c2ccc3c(c2)C(OCC=Cc2ccccc2)CCC3)CC1. The van der Waals surface area contributed by atoms with E-state index < -0.39 is 0 Å². The van der Waals surface area contributed by atoms with Crippen LogP contribution in [0.1, 0.15) is 49.0 Å². The van der Waals surface area contributed by atoms with Crippen molar-refractivity contribution in [3.63, 3.8) is 0 Å². The summed E-state index contributed by atoms with van der Waals surface area (Å²) in [5, 5.41) is 0. The fourth-order valence-electron chi connectivity index (χ4n) is 4.58. The maximum atomic E-state index is 6.31. The highest BCUT2D eigenvalue weighted by Crippen LogP contribution is 2.35. The van der Waals surface area contributed by atoms with Crippen LogP contribution in [0.5, 0.6) is 0 Å².